The zero-order valence-electron chi connectivity index (χ0n) is 14.8. The monoisotopic (exact) mass is 402 g/mol. The van der Waals surface area contributed by atoms with Crippen LogP contribution in [-0.2, 0) is 20.7 Å². The van der Waals surface area contributed by atoms with Crippen LogP contribution >= 0.6 is 22.9 Å². The summed E-state index contributed by atoms with van der Waals surface area (Å²) in [6, 6.07) is 14.7. The van der Waals surface area contributed by atoms with Gasteiger partial charge in [0.05, 0.1) is 15.2 Å². The zero-order chi connectivity index (χ0) is 19.2. The van der Waals surface area contributed by atoms with Gasteiger partial charge >= 0.3 is 5.97 Å². The summed E-state index contributed by atoms with van der Waals surface area (Å²) in [6.45, 7) is 1.55. The van der Waals surface area contributed by atoms with Crippen LogP contribution in [0.5, 0.6) is 0 Å². The normalized spacial score (nSPS) is 11.9. The van der Waals surface area contributed by atoms with Gasteiger partial charge < -0.3 is 10.1 Å². The van der Waals surface area contributed by atoms with E-state index in [-0.39, 0.29) is 12.3 Å². The SMILES string of the molecule is C[C@H](OC(=O)CCCc1nc2ccccc2s1)C(=O)Nc1ccc(Cl)cc1. The van der Waals surface area contributed by atoms with E-state index in [4.69, 9.17) is 16.3 Å². The molecule has 0 aliphatic carbocycles. The molecule has 5 nitrogen and oxygen atoms in total. The van der Waals surface area contributed by atoms with Crippen LogP contribution in [0.15, 0.2) is 48.5 Å². The van der Waals surface area contributed by atoms with E-state index in [0.29, 0.717) is 23.6 Å². The van der Waals surface area contributed by atoms with Gasteiger partial charge in [-0.25, -0.2) is 4.98 Å². The molecule has 27 heavy (non-hydrogen) atoms. The molecule has 1 heterocycles. The van der Waals surface area contributed by atoms with Gasteiger partial charge in [-0.05, 0) is 56.2 Å². The Morgan fingerprint density at radius 1 is 1.19 bits per heavy atom. The molecule has 0 spiro atoms. The first-order valence-electron chi connectivity index (χ1n) is 8.61. The summed E-state index contributed by atoms with van der Waals surface area (Å²) in [4.78, 5) is 28.6. The molecular formula is C20H19ClN2O3S. The molecule has 0 unspecified atom stereocenters. The number of aromatic nitrogens is 1. The lowest BCUT2D eigenvalue weighted by Gasteiger charge is -2.13. The average molecular weight is 403 g/mol. The van der Waals surface area contributed by atoms with Gasteiger partial charge in [0.1, 0.15) is 0 Å². The Balaban J connectivity index is 1.42. The first-order chi connectivity index (χ1) is 13.0. The third-order valence-corrected chi connectivity index (χ3v) is 5.25. The minimum Gasteiger partial charge on any atom is -0.453 e. The van der Waals surface area contributed by atoms with Crippen molar-refractivity contribution in [2.24, 2.45) is 0 Å². The van der Waals surface area contributed by atoms with Gasteiger partial charge in [-0.1, -0.05) is 23.7 Å². The number of thiazole rings is 1. The summed E-state index contributed by atoms with van der Waals surface area (Å²) in [7, 11) is 0. The van der Waals surface area contributed by atoms with Crippen LogP contribution in [0.25, 0.3) is 10.2 Å². The molecule has 0 saturated carbocycles. The lowest BCUT2D eigenvalue weighted by molar-refractivity contribution is -0.153. The maximum absolute atomic E-state index is 12.1. The topological polar surface area (TPSA) is 68.3 Å². The highest BCUT2D eigenvalue weighted by atomic mass is 35.5. The van der Waals surface area contributed by atoms with Crippen molar-refractivity contribution in [3.05, 3.63) is 58.6 Å². The number of halogens is 1. The van der Waals surface area contributed by atoms with E-state index in [9.17, 15) is 9.59 Å². The second-order valence-corrected chi connectivity index (χ2v) is 7.61. The molecule has 0 saturated heterocycles. The molecule has 1 amide bonds. The van der Waals surface area contributed by atoms with Gasteiger partial charge in [-0.15, -0.1) is 11.3 Å². The van der Waals surface area contributed by atoms with Crippen molar-refractivity contribution in [3.8, 4) is 0 Å². The van der Waals surface area contributed by atoms with Crippen LogP contribution in [-0.4, -0.2) is 23.0 Å². The standard InChI is InChI=1S/C20H19ClN2O3S/c1-13(20(25)22-15-11-9-14(21)10-12-15)26-19(24)8-4-7-18-23-16-5-2-3-6-17(16)27-18/h2-3,5-6,9-13H,4,7-8H2,1H3,(H,22,25)/t13-/m0/s1. The number of carbonyl (C=O) groups excluding carboxylic acids is 2. The third kappa shape index (κ3) is 5.52. The fourth-order valence-corrected chi connectivity index (χ4v) is 3.63. The maximum Gasteiger partial charge on any atom is 0.306 e. The first kappa shape index (κ1) is 19.3. The van der Waals surface area contributed by atoms with E-state index in [2.05, 4.69) is 10.3 Å². The van der Waals surface area contributed by atoms with Crippen LogP contribution in [0.1, 0.15) is 24.8 Å². The van der Waals surface area contributed by atoms with Gasteiger partial charge in [-0.2, -0.15) is 0 Å². The molecule has 0 aliphatic rings. The third-order valence-electron chi connectivity index (χ3n) is 3.90. The van der Waals surface area contributed by atoms with Gasteiger partial charge in [-0.3, -0.25) is 9.59 Å². The Hall–Kier alpha value is -2.44. The van der Waals surface area contributed by atoms with E-state index in [1.54, 1.807) is 42.5 Å². The van der Waals surface area contributed by atoms with Crippen molar-refractivity contribution < 1.29 is 14.3 Å². The Labute approximate surface area is 166 Å². The molecule has 7 heteroatoms. The van der Waals surface area contributed by atoms with Gasteiger partial charge in [0.25, 0.3) is 5.91 Å². The molecule has 0 fully saturated rings. The van der Waals surface area contributed by atoms with E-state index >= 15 is 0 Å². The number of benzene rings is 2. The highest BCUT2D eigenvalue weighted by Gasteiger charge is 2.18. The Morgan fingerprint density at radius 2 is 1.93 bits per heavy atom. The van der Waals surface area contributed by atoms with E-state index in [0.717, 1.165) is 15.2 Å². The summed E-state index contributed by atoms with van der Waals surface area (Å²) in [6.07, 6.45) is 0.717. The van der Waals surface area contributed by atoms with Gasteiger partial charge in [0, 0.05) is 17.1 Å². The van der Waals surface area contributed by atoms with Gasteiger partial charge in [0.15, 0.2) is 6.10 Å². The summed E-state index contributed by atoms with van der Waals surface area (Å²) < 4.78 is 6.35. The largest absolute Gasteiger partial charge is 0.453 e. The minimum atomic E-state index is -0.865. The first-order valence-corrected chi connectivity index (χ1v) is 9.81. The number of rotatable bonds is 7. The smallest absolute Gasteiger partial charge is 0.306 e. The van der Waals surface area contributed by atoms with Crippen molar-refractivity contribution in [2.45, 2.75) is 32.3 Å². The van der Waals surface area contributed by atoms with Crippen LogP contribution < -0.4 is 5.32 Å². The number of ether oxygens (including phenoxy) is 1. The molecule has 3 rings (SSSR count). The van der Waals surface area contributed by atoms with E-state index < -0.39 is 12.1 Å². The molecule has 140 valence electrons. The summed E-state index contributed by atoms with van der Waals surface area (Å²) in [5.41, 5.74) is 1.58. The quantitative estimate of drug-likeness (QED) is 0.574. The molecule has 0 bridgehead atoms. The predicted molar refractivity (Wildman–Crippen MR) is 108 cm³/mol. The highest BCUT2D eigenvalue weighted by Crippen LogP contribution is 2.22. The maximum atomic E-state index is 12.1. The predicted octanol–water partition coefficient (Wildman–Crippen LogP) is 4.84. The van der Waals surface area contributed by atoms with Crippen LogP contribution in [0, 0.1) is 0 Å². The Kier molecular flexibility index (Phi) is 6.42. The minimum absolute atomic E-state index is 0.245. The lowest BCUT2D eigenvalue weighted by atomic mass is 10.2. The second kappa shape index (κ2) is 8.97. The number of carbonyl (C=O) groups is 2. The number of esters is 1. The van der Waals surface area contributed by atoms with Crippen molar-refractivity contribution in [3.63, 3.8) is 0 Å². The van der Waals surface area contributed by atoms with Crippen LogP contribution in [0.4, 0.5) is 5.69 Å². The molecule has 1 atom stereocenters. The molecule has 0 aliphatic heterocycles. The molecule has 3 aromatic rings. The number of nitrogens with zero attached hydrogens (tertiary/aromatic N) is 1. The van der Waals surface area contributed by atoms with Crippen molar-refractivity contribution in [1.29, 1.82) is 0 Å². The number of hydrogen-bond acceptors (Lipinski definition) is 5. The second-order valence-electron chi connectivity index (χ2n) is 6.06. The van der Waals surface area contributed by atoms with Crippen molar-refractivity contribution >= 4 is 50.7 Å². The zero-order valence-corrected chi connectivity index (χ0v) is 16.3. The van der Waals surface area contributed by atoms with Crippen LogP contribution in [0.3, 0.4) is 0 Å². The number of anilines is 1. The lowest BCUT2D eigenvalue weighted by Crippen LogP contribution is -2.29. The molecule has 1 aromatic heterocycles. The van der Waals surface area contributed by atoms with Crippen molar-refractivity contribution in [1.82, 2.24) is 4.98 Å². The number of fused-ring (bicyclic) bond motifs is 1. The van der Waals surface area contributed by atoms with E-state index in [1.165, 1.54) is 0 Å². The fourth-order valence-electron chi connectivity index (χ4n) is 2.50. The number of amides is 1. The summed E-state index contributed by atoms with van der Waals surface area (Å²) in [5, 5.41) is 4.27. The Bertz CT molecular complexity index is 907. The average Bonchev–Trinajstić information content (AvgIpc) is 3.06. The van der Waals surface area contributed by atoms with E-state index in [1.807, 2.05) is 24.3 Å². The Morgan fingerprint density at radius 3 is 2.67 bits per heavy atom. The highest BCUT2D eigenvalue weighted by molar-refractivity contribution is 7.18. The number of aryl methyl sites for hydroxylation is 1. The molecule has 1 N–H and O–H groups in total. The summed E-state index contributed by atoms with van der Waals surface area (Å²) >= 11 is 7.44. The summed E-state index contributed by atoms with van der Waals surface area (Å²) in [5.74, 6) is -0.772. The molecular weight excluding hydrogens is 384 g/mol. The van der Waals surface area contributed by atoms with Crippen molar-refractivity contribution in [2.75, 3.05) is 5.32 Å². The fraction of sp³-hybridized carbons (Fsp3) is 0.250. The van der Waals surface area contributed by atoms with Crippen LogP contribution in [0.2, 0.25) is 5.02 Å². The number of para-hydroxylation sites is 1. The number of nitrogens with one attached hydrogen (secondary N) is 1. The molecule has 0 radical (unpaired) electrons. The van der Waals surface area contributed by atoms with Gasteiger partial charge in [0.2, 0.25) is 0 Å². The molecule has 2 aromatic carbocycles. The number of hydrogen-bond donors (Lipinski definition) is 1.